The van der Waals surface area contributed by atoms with Crippen LogP contribution in [-0.2, 0) is 11.3 Å². The summed E-state index contributed by atoms with van der Waals surface area (Å²) in [4.78, 5) is 17.9. The molecule has 14 heavy (non-hydrogen) atoms. The minimum absolute atomic E-state index is 0.0261. The lowest BCUT2D eigenvalue weighted by atomic mass is 10.3. The number of hydrogen-bond donors (Lipinski definition) is 2. The first-order valence-corrected chi connectivity index (χ1v) is 4.42. The fourth-order valence-corrected chi connectivity index (χ4v) is 1.35. The zero-order valence-corrected chi connectivity index (χ0v) is 7.87. The van der Waals surface area contributed by atoms with E-state index >= 15 is 0 Å². The van der Waals surface area contributed by atoms with Crippen LogP contribution in [0.3, 0.4) is 0 Å². The van der Waals surface area contributed by atoms with Gasteiger partial charge in [-0.3, -0.25) is 9.78 Å². The first-order valence-electron chi connectivity index (χ1n) is 4.42. The smallest absolute Gasteiger partial charge is 0.217 e. The van der Waals surface area contributed by atoms with Crippen LogP contribution < -0.4 is 5.32 Å². The highest BCUT2D eigenvalue weighted by Gasteiger charge is 2.00. The summed E-state index contributed by atoms with van der Waals surface area (Å²) in [6, 6.07) is 3.89. The Bertz CT molecular complexity index is 428. The van der Waals surface area contributed by atoms with Crippen LogP contribution in [0.2, 0.25) is 0 Å². The van der Waals surface area contributed by atoms with Crippen LogP contribution in [0.1, 0.15) is 12.6 Å². The van der Waals surface area contributed by atoms with Crippen LogP contribution in [0.25, 0.3) is 10.9 Å². The molecule has 0 bridgehead atoms. The first kappa shape index (κ1) is 8.74. The van der Waals surface area contributed by atoms with Gasteiger partial charge in [0.25, 0.3) is 0 Å². The van der Waals surface area contributed by atoms with Crippen molar-refractivity contribution in [1.82, 2.24) is 15.3 Å². The lowest BCUT2D eigenvalue weighted by molar-refractivity contribution is -0.119. The summed E-state index contributed by atoms with van der Waals surface area (Å²) in [5, 5.41) is 3.80. The van der Waals surface area contributed by atoms with Gasteiger partial charge in [-0.25, -0.2) is 0 Å². The summed E-state index contributed by atoms with van der Waals surface area (Å²) in [5.74, 6) is -0.0261. The van der Waals surface area contributed by atoms with E-state index in [1.165, 1.54) is 6.92 Å². The largest absolute Gasteiger partial charge is 0.357 e. The van der Waals surface area contributed by atoms with Crippen molar-refractivity contribution >= 4 is 16.8 Å². The Hall–Kier alpha value is -1.84. The van der Waals surface area contributed by atoms with E-state index in [0.717, 1.165) is 16.6 Å². The van der Waals surface area contributed by atoms with E-state index in [9.17, 15) is 4.79 Å². The summed E-state index contributed by atoms with van der Waals surface area (Å²) < 4.78 is 0. The maximum absolute atomic E-state index is 10.7. The van der Waals surface area contributed by atoms with Gasteiger partial charge in [-0.05, 0) is 12.1 Å². The molecule has 72 valence electrons. The third kappa shape index (κ3) is 1.74. The number of pyridine rings is 1. The minimum atomic E-state index is -0.0261. The Balaban J connectivity index is 2.22. The number of hydrogen-bond acceptors (Lipinski definition) is 2. The van der Waals surface area contributed by atoms with E-state index in [2.05, 4.69) is 15.3 Å². The minimum Gasteiger partial charge on any atom is -0.357 e. The van der Waals surface area contributed by atoms with Gasteiger partial charge in [0.15, 0.2) is 0 Å². The summed E-state index contributed by atoms with van der Waals surface area (Å²) in [7, 11) is 0. The van der Waals surface area contributed by atoms with Crippen molar-refractivity contribution in [2.75, 3.05) is 0 Å². The van der Waals surface area contributed by atoms with Gasteiger partial charge in [-0.1, -0.05) is 0 Å². The molecular formula is C10H11N3O. The molecule has 4 nitrogen and oxygen atoms in total. The number of aromatic nitrogens is 2. The van der Waals surface area contributed by atoms with Gasteiger partial charge in [0, 0.05) is 35.9 Å². The summed E-state index contributed by atoms with van der Waals surface area (Å²) in [6.07, 6.45) is 3.53. The van der Waals surface area contributed by atoms with Crippen LogP contribution in [0, 0.1) is 0 Å². The topological polar surface area (TPSA) is 57.8 Å². The molecule has 0 saturated carbocycles. The first-order chi connectivity index (χ1) is 6.75. The molecule has 0 aliphatic rings. The molecule has 0 spiro atoms. The molecule has 0 aliphatic carbocycles. The molecule has 1 amide bonds. The van der Waals surface area contributed by atoms with Crippen LogP contribution in [0.15, 0.2) is 24.5 Å². The number of nitrogens with one attached hydrogen (secondary N) is 2. The third-order valence-electron chi connectivity index (χ3n) is 2.00. The molecule has 2 N–H and O–H groups in total. The van der Waals surface area contributed by atoms with E-state index in [0.29, 0.717) is 6.54 Å². The average molecular weight is 189 g/mol. The molecule has 0 unspecified atom stereocenters. The van der Waals surface area contributed by atoms with Crippen molar-refractivity contribution < 1.29 is 4.79 Å². The second kappa shape index (κ2) is 3.49. The molecule has 0 atom stereocenters. The zero-order chi connectivity index (χ0) is 9.97. The molecule has 2 aromatic heterocycles. The van der Waals surface area contributed by atoms with E-state index in [4.69, 9.17) is 0 Å². The summed E-state index contributed by atoms with van der Waals surface area (Å²) in [5.41, 5.74) is 2.03. The molecule has 2 aromatic rings. The number of H-pyrrole nitrogens is 1. The Morgan fingerprint density at radius 3 is 3.21 bits per heavy atom. The van der Waals surface area contributed by atoms with Gasteiger partial charge in [-0.15, -0.1) is 0 Å². The maximum Gasteiger partial charge on any atom is 0.217 e. The monoisotopic (exact) mass is 189 g/mol. The van der Waals surface area contributed by atoms with E-state index in [1.54, 1.807) is 12.4 Å². The van der Waals surface area contributed by atoms with E-state index in [1.807, 2.05) is 12.1 Å². The average Bonchev–Trinajstić information content (AvgIpc) is 2.57. The molecule has 2 rings (SSSR count). The second-order valence-electron chi connectivity index (χ2n) is 3.17. The lowest BCUT2D eigenvalue weighted by Gasteiger charge is -1.97. The highest BCUT2D eigenvalue weighted by molar-refractivity contribution is 5.79. The number of nitrogens with zero attached hydrogens (tertiary/aromatic N) is 1. The Kier molecular flexibility index (Phi) is 2.18. The van der Waals surface area contributed by atoms with E-state index < -0.39 is 0 Å². The molecule has 4 heteroatoms. The Morgan fingerprint density at radius 1 is 1.64 bits per heavy atom. The third-order valence-corrected chi connectivity index (χ3v) is 2.00. The maximum atomic E-state index is 10.7. The molecule has 0 aliphatic heterocycles. The van der Waals surface area contributed by atoms with Crippen LogP contribution in [0.5, 0.6) is 0 Å². The number of aromatic amines is 1. The fraction of sp³-hybridized carbons (Fsp3) is 0.200. The van der Waals surface area contributed by atoms with Crippen molar-refractivity contribution in [1.29, 1.82) is 0 Å². The van der Waals surface area contributed by atoms with Crippen molar-refractivity contribution in [2.24, 2.45) is 0 Å². The van der Waals surface area contributed by atoms with Gasteiger partial charge >= 0.3 is 0 Å². The number of carbonyl (C=O) groups is 1. The molecule has 0 fully saturated rings. The van der Waals surface area contributed by atoms with Crippen LogP contribution in [0.4, 0.5) is 0 Å². The van der Waals surface area contributed by atoms with Crippen LogP contribution in [-0.4, -0.2) is 15.9 Å². The number of fused-ring (bicyclic) bond motifs is 1. The normalized spacial score (nSPS) is 10.4. The molecule has 0 aromatic carbocycles. The fourth-order valence-electron chi connectivity index (χ4n) is 1.35. The number of amides is 1. The lowest BCUT2D eigenvalue weighted by Crippen LogP contribution is -2.18. The van der Waals surface area contributed by atoms with Crippen molar-refractivity contribution in [2.45, 2.75) is 13.5 Å². The molecule has 2 heterocycles. The molecule has 0 saturated heterocycles. The summed E-state index contributed by atoms with van der Waals surface area (Å²) >= 11 is 0. The highest BCUT2D eigenvalue weighted by atomic mass is 16.1. The van der Waals surface area contributed by atoms with Gasteiger partial charge in [0.05, 0.1) is 6.54 Å². The van der Waals surface area contributed by atoms with Gasteiger partial charge in [0.2, 0.25) is 5.91 Å². The van der Waals surface area contributed by atoms with E-state index in [-0.39, 0.29) is 5.91 Å². The standard InChI is InChI=1S/C10H11N3O/c1-7(14)12-6-9-4-8-5-11-3-2-10(8)13-9/h2-5,13H,6H2,1H3,(H,12,14). The SMILES string of the molecule is CC(=O)NCc1cc2cnccc2[nH]1. The van der Waals surface area contributed by atoms with Gasteiger partial charge in [0.1, 0.15) is 0 Å². The second-order valence-corrected chi connectivity index (χ2v) is 3.17. The zero-order valence-electron chi connectivity index (χ0n) is 7.87. The molecule has 0 radical (unpaired) electrons. The number of rotatable bonds is 2. The Labute approximate surface area is 81.3 Å². The van der Waals surface area contributed by atoms with Crippen LogP contribution >= 0.6 is 0 Å². The number of carbonyl (C=O) groups excluding carboxylic acids is 1. The van der Waals surface area contributed by atoms with Crippen molar-refractivity contribution in [3.8, 4) is 0 Å². The van der Waals surface area contributed by atoms with Crippen molar-refractivity contribution in [3.63, 3.8) is 0 Å². The summed E-state index contributed by atoms with van der Waals surface area (Å²) in [6.45, 7) is 2.04. The van der Waals surface area contributed by atoms with Gasteiger partial charge < -0.3 is 10.3 Å². The predicted molar refractivity (Wildman–Crippen MR) is 53.6 cm³/mol. The van der Waals surface area contributed by atoms with Gasteiger partial charge in [-0.2, -0.15) is 0 Å². The quantitative estimate of drug-likeness (QED) is 0.745. The molecular weight excluding hydrogens is 178 g/mol. The Morgan fingerprint density at radius 2 is 2.50 bits per heavy atom. The highest BCUT2D eigenvalue weighted by Crippen LogP contribution is 2.12. The van der Waals surface area contributed by atoms with Crippen molar-refractivity contribution in [3.05, 3.63) is 30.2 Å². The predicted octanol–water partition coefficient (Wildman–Crippen LogP) is 1.20.